The molecule has 9 heteroatoms. The van der Waals surface area contributed by atoms with Crippen molar-refractivity contribution in [2.24, 2.45) is 7.05 Å². The Kier molecular flexibility index (Phi) is 4.39. The van der Waals surface area contributed by atoms with Gasteiger partial charge >= 0.3 is 5.97 Å². The molecule has 0 bridgehead atoms. The summed E-state index contributed by atoms with van der Waals surface area (Å²) >= 11 is 10.7. The monoisotopic (exact) mass is 328 g/mol. The Balaban J connectivity index is 2.12. The molecule has 6 nitrogen and oxygen atoms in total. The molecule has 0 saturated carbocycles. The number of aromatic carboxylic acids is 1. The summed E-state index contributed by atoms with van der Waals surface area (Å²) < 4.78 is 14.3. The number of hydrogen-bond acceptors (Lipinski definition) is 3. The number of anilines is 2. The third-order valence-corrected chi connectivity index (χ3v) is 3.06. The van der Waals surface area contributed by atoms with Crippen molar-refractivity contribution >= 4 is 46.3 Å². The molecule has 0 aliphatic heterocycles. The first-order valence-electron chi connectivity index (χ1n) is 5.67. The van der Waals surface area contributed by atoms with Crippen molar-refractivity contribution < 1.29 is 14.3 Å². The number of hydrogen-bond donors (Lipinski definition) is 3. The van der Waals surface area contributed by atoms with Crippen molar-refractivity contribution in [2.45, 2.75) is 0 Å². The van der Waals surface area contributed by atoms with Crippen LogP contribution in [-0.4, -0.2) is 26.0 Å². The largest absolute Gasteiger partial charge is 0.476 e. The standard InChI is InChI=1S/C12H10ClFN4O2S/c1-18-10(11(19)20)9(5-15-18)17-12(21)16-6-2-3-8(14)7(13)4-6/h2-5H,1H3,(H,19,20)(H2,16,17,21). The number of aryl methyl sites for hydroxylation is 1. The maximum absolute atomic E-state index is 13.0. The lowest BCUT2D eigenvalue weighted by atomic mass is 10.3. The van der Waals surface area contributed by atoms with Gasteiger partial charge in [0.15, 0.2) is 10.8 Å². The van der Waals surface area contributed by atoms with Crippen LogP contribution in [0.5, 0.6) is 0 Å². The first-order valence-corrected chi connectivity index (χ1v) is 6.45. The van der Waals surface area contributed by atoms with E-state index >= 15 is 0 Å². The highest BCUT2D eigenvalue weighted by molar-refractivity contribution is 7.80. The second kappa shape index (κ2) is 6.06. The molecule has 1 aromatic heterocycles. The molecule has 0 fully saturated rings. The third kappa shape index (κ3) is 3.47. The van der Waals surface area contributed by atoms with Crippen LogP contribution in [0.15, 0.2) is 24.4 Å². The zero-order valence-electron chi connectivity index (χ0n) is 10.7. The summed E-state index contributed by atoms with van der Waals surface area (Å²) in [6, 6.07) is 4.02. The fraction of sp³-hybridized carbons (Fsp3) is 0.0833. The maximum atomic E-state index is 13.0. The van der Waals surface area contributed by atoms with E-state index < -0.39 is 11.8 Å². The first-order chi connectivity index (χ1) is 9.88. The van der Waals surface area contributed by atoms with Crippen LogP contribution in [0.4, 0.5) is 15.8 Å². The minimum absolute atomic E-state index is 0.0312. The maximum Gasteiger partial charge on any atom is 0.356 e. The number of carbonyl (C=O) groups is 1. The number of nitrogens with zero attached hydrogens (tertiary/aromatic N) is 2. The molecular formula is C12H10ClFN4O2S. The summed E-state index contributed by atoms with van der Waals surface area (Å²) in [6.07, 6.45) is 1.34. The number of rotatable bonds is 3. The second-order valence-electron chi connectivity index (χ2n) is 4.04. The Morgan fingerprint density at radius 2 is 2.19 bits per heavy atom. The van der Waals surface area contributed by atoms with E-state index in [1.165, 1.54) is 36.1 Å². The van der Waals surface area contributed by atoms with E-state index in [1.54, 1.807) is 0 Å². The first kappa shape index (κ1) is 15.2. The van der Waals surface area contributed by atoms with Gasteiger partial charge < -0.3 is 15.7 Å². The minimum Gasteiger partial charge on any atom is -0.476 e. The lowest BCUT2D eigenvalue weighted by Gasteiger charge is -2.10. The topological polar surface area (TPSA) is 79.2 Å². The third-order valence-electron chi connectivity index (χ3n) is 2.57. The quantitative estimate of drug-likeness (QED) is 0.752. The lowest BCUT2D eigenvalue weighted by Crippen LogP contribution is -2.20. The van der Waals surface area contributed by atoms with Crippen molar-refractivity contribution in [3.63, 3.8) is 0 Å². The van der Waals surface area contributed by atoms with Crippen LogP contribution < -0.4 is 10.6 Å². The van der Waals surface area contributed by atoms with Gasteiger partial charge in [0.05, 0.1) is 16.9 Å². The van der Waals surface area contributed by atoms with E-state index in [0.29, 0.717) is 5.69 Å². The molecular weight excluding hydrogens is 319 g/mol. The average molecular weight is 329 g/mol. The molecule has 1 aromatic carbocycles. The van der Waals surface area contributed by atoms with Crippen LogP contribution in [0.3, 0.4) is 0 Å². The highest BCUT2D eigenvalue weighted by Crippen LogP contribution is 2.20. The molecule has 0 aliphatic rings. The number of benzene rings is 1. The Labute approximate surface area is 129 Å². The molecule has 0 spiro atoms. The number of carboxylic acid groups (broad SMARTS) is 1. The molecule has 0 saturated heterocycles. The molecule has 0 aliphatic carbocycles. The summed E-state index contributed by atoms with van der Waals surface area (Å²) in [5, 5.41) is 18.5. The predicted octanol–water partition coefficient (Wildman–Crippen LogP) is 2.72. The van der Waals surface area contributed by atoms with Crippen LogP contribution >= 0.6 is 23.8 Å². The Morgan fingerprint density at radius 3 is 2.81 bits per heavy atom. The van der Waals surface area contributed by atoms with Crippen LogP contribution in [0, 0.1) is 5.82 Å². The fourth-order valence-corrected chi connectivity index (χ4v) is 2.05. The van der Waals surface area contributed by atoms with Gasteiger partial charge in [-0.1, -0.05) is 11.6 Å². The van der Waals surface area contributed by atoms with E-state index in [0.717, 1.165) is 0 Å². The van der Waals surface area contributed by atoms with Gasteiger partial charge in [-0.25, -0.2) is 9.18 Å². The van der Waals surface area contributed by atoms with Gasteiger partial charge in [0.1, 0.15) is 5.82 Å². The number of carboxylic acids is 1. The summed E-state index contributed by atoms with van der Waals surface area (Å²) in [7, 11) is 1.50. The molecule has 2 aromatic rings. The van der Waals surface area contributed by atoms with E-state index in [4.69, 9.17) is 28.9 Å². The number of nitrogens with one attached hydrogen (secondary N) is 2. The summed E-state index contributed by atoms with van der Waals surface area (Å²) in [5.74, 6) is -1.67. The molecule has 0 unspecified atom stereocenters. The van der Waals surface area contributed by atoms with E-state index in [1.807, 2.05) is 0 Å². The van der Waals surface area contributed by atoms with E-state index in [2.05, 4.69) is 15.7 Å². The van der Waals surface area contributed by atoms with Crippen molar-refractivity contribution in [3.05, 3.63) is 40.9 Å². The average Bonchev–Trinajstić information content (AvgIpc) is 2.75. The zero-order valence-corrected chi connectivity index (χ0v) is 12.3. The SMILES string of the molecule is Cn1ncc(NC(=S)Nc2ccc(F)c(Cl)c2)c1C(=O)O. The Hall–Kier alpha value is -2.19. The molecule has 0 radical (unpaired) electrons. The lowest BCUT2D eigenvalue weighted by molar-refractivity contribution is 0.0686. The highest BCUT2D eigenvalue weighted by Gasteiger charge is 2.16. The molecule has 2 rings (SSSR count). The molecule has 0 amide bonds. The summed E-state index contributed by atoms with van der Waals surface area (Å²) in [5.41, 5.74) is 0.687. The van der Waals surface area contributed by atoms with Crippen LogP contribution in [-0.2, 0) is 7.05 Å². The normalized spacial score (nSPS) is 10.2. The summed E-state index contributed by atoms with van der Waals surface area (Å²) in [4.78, 5) is 11.1. The van der Waals surface area contributed by atoms with Gasteiger partial charge in [0.25, 0.3) is 0 Å². The molecule has 110 valence electrons. The molecule has 3 N–H and O–H groups in total. The van der Waals surface area contributed by atoms with Gasteiger partial charge in [-0.15, -0.1) is 0 Å². The number of thiocarbonyl (C=S) groups is 1. The van der Waals surface area contributed by atoms with Gasteiger partial charge in [0.2, 0.25) is 0 Å². The van der Waals surface area contributed by atoms with Crippen LogP contribution in [0.25, 0.3) is 0 Å². The van der Waals surface area contributed by atoms with Crippen molar-refractivity contribution in [3.8, 4) is 0 Å². The number of aromatic nitrogens is 2. The predicted molar refractivity (Wildman–Crippen MR) is 81.4 cm³/mol. The Morgan fingerprint density at radius 1 is 1.48 bits per heavy atom. The number of halogens is 2. The van der Waals surface area contributed by atoms with Gasteiger partial charge in [-0.3, -0.25) is 4.68 Å². The zero-order chi connectivity index (χ0) is 15.6. The van der Waals surface area contributed by atoms with E-state index in [9.17, 15) is 9.18 Å². The van der Waals surface area contributed by atoms with Crippen molar-refractivity contribution in [1.82, 2.24) is 9.78 Å². The molecule has 21 heavy (non-hydrogen) atoms. The van der Waals surface area contributed by atoms with Gasteiger partial charge in [0, 0.05) is 12.7 Å². The van der Waals surface area contributed by atoms with Crippen LogP contribution in [0.2, 0.25) is 5.02 Å². The minimum atomic E-state index is -1.13. The smallest absolute Gasteiger partial charge is 0.356 e. The van der Waals surface area contributed by atoms with E-state index in [-0.39, 0.29) is 21.5 Å². The van der Waals surface area contributed by atoms with Gasteiger partial charge in [-0.2, -0.15) is 5.10 Å². The van der Waals surface area contributed by atoms with Crippen LogP contribution in [0.1, 0.15) is 10.5 Å². The van der Waals surface area contributed by atoms with Gasteiger partial charge in [-0.05, 0) is 30.4 Å². The second-order valence-corrected chi connectivity index (χ2v) is 4.86. The van der Waals surface area contributed by atoms with Crippen molar-refractivity contribution in [2.75, 3.05) is 10.6 Å². The highest BCUT2D eigenvalue weighted by atomic mass is 35.5. The fourth-order valence-electron chi connectivity index (χ4n) is 1.64. The summed E-state index contributed by atoms with van der Waals surface area (Å²) in [6.45, 7) is 0. The molecule has 0 atom stereocenters. The van der Waals surface area contributed by atoms with Crippen molar-refractivity contribution in [1.29, 1.82) is 0 Å². The Bertz CT molecular complexity index is 719. The molecule has 1 heterocycles.